The van der Waals surface area contributed by atoms with Crippen molar-refractivity contribution in [1.29, 1.82) is 0 Å². The number of nitrogens with one attached hydrogen (secondary N) is 1. The van der Waals surface area contributed by atoms with Crippen molar-refractivity contribution in [2.45, 2.75) is 25.8 Å². The molecule has 1 aliphatic heterocycles. The second kappa shape index (κ2) is 7.56. The van der Waals surface area contributed by atoms with Crippen LogP contribution >= 0.6 is 23.2 Å². The van der Waals surface area contributed by atoms with Gasteiger partial charge in [0.15, 0.2) is 0 Å². The number of imide groups is 1. The quantitative estimate of drug-likeness (QED) is 0.808. The van der Waals surface area contributed by atoms with Gasteiger partial charge in [-0.2, -0.15) is 0 Å². The average molecular weight is 377 g/mol. The number of amides is 2. The fourth-order valence-electron chi connectivity index (χ4n) is 2.83. The lowest BCUT2D eigenvalue weighted by Crippen LogP contribution is -2.39. The van der Waals surface area contributed by atoms with Crippen LogP contribution in [0.5, 0.6) is 0 Å². The Hall–Kier alpha value is -1.88. The molecule has 2 aromatic carbocycles. The highest BCUT2D eigenvalue weighted by Gasteiger charge is 2.39. The van der Waals surface area contributed by atoms with Crippen LogP contribution < -0.4 is 10.2 Å². The lowest BCUT2D eigenvalue weighted by atomic mass is 10.1. The van der Waals surface area contributed by atoms with E-state index < -0.39 is 6.04 Å². The van der Waals surface area contributed by atoms with Gasteiger partial charge in [-0.15, -0.1) is 0 Å². The van der Waals surface area contributed by atoms with Crippen molar-refractivity contribution in [3.63, 3.8) is 0 Å². The predicted octanol–water partition coefficient (Wildman–Crippen LogP) is 3.77. The van der Waals surface area contributed by atoms with Gasteiger partial charge in [-0.3, -0.25) is 9.59 Å². The summed E-state index contributed by atoms with van der Waals surface area (Å²) in [5, 5.41) is 4.41. The van der Waals surface area contributed by atoms with Crippen molar-refractivity contribution in [2.24, 2.45) is 0 Å². The van der Waals surface area contributed by atoms with E-state index in [0.29, 0.717) is 22.3 Å². The number of anilines is 1. The van der Waals surface area contributed by atoms with Crippen LogP contribution in [0.25, 0.3) is 0 Å². The first kappa shape index (κ1) is 17.9. The molecule has 1 saturated heterocycles. The number of carbonyl (C=O) groups excluding carboxylic acids is 2. The number of benzene rings is 2. The molecule has 0 aliphatic carbocycles. The Balaban J connectivity index is 1.62. The molecule has 1 heterocycles. The summed E-state index contributed by atoms with van der Waals surface area (Å²) in [5.41, 5.74) is 2.55. The lowest BCUT2D eigenvalue weighted by molar-refractivity contribution is -0.121. The molecule has 2 amide bonds. The predicted molar refractivity (Wildman–Crippen MR) is 100 cm³/mol. The largest absolute Gasteiger partial charge is 0.305 e. The van der Waals surface area contributed by atoms with Crippen molar-refractivity contribution >= 4 is 40.7 Å². The summed E-state index contributed by atoms with van der Waals surface area (Å²) in [6.45, 7) is 2.48. The molecule has 6 heteroatoms. The molecule has 4 nitrogen and oxygen atoms in total. The van der Waals surface area contributed by atoms with Crippen LogP contribution in [-0.2, 0) is 16.0 Å². The Morgan fingerprint density at radius 3 is 2.52 bits per heavy atom. The van der Waals surface area contributed by atoms with E-state index in [4.69, 9.17) is 23.2 Å². The highest BCUT2D eigenvalue weighted by atomic mass is 35.5. The Kier molecular flexibility index (Phi) is 5.42. The lowest BCUT2D eigenvalue weighted by Gasteiger charge is -2.16. The molecule has 0 radical (unpaired) electrons. The van der Waals surface area contributed by atoms with Crippen molar-refractivity contribution in [3.8, 4) is 0 Å². The molecule has 0 saturated carbocycles. The van der Waals surface area contributed by atoms with Gasteiger partial charge in [-0.25, -0.2) is 4.90 Å². The molecule has 1 aliphatic rings. The highest BCUT2D eigenvalue weighted by Crippen LogP contribution is 2.27. The Bertz CT molecular complexity index is 806. The first-order valence-corrected chi connectivity index (χ1v) is 8.82. The van der Waals surface area contributed by atoms with Gasteiger partial charge in [0.1, 0.15) is 0 Å². The van der Waals surface area contributed by atoms with Crippen LogP contribution in [-0.4, -0.2) is 24.4 Å². The van der Waals surface area contributed by atoms with Gasteiger partial charge in [0.25, 0.3) is 5.91 Å². The number of aryl methyl sites for hydroxylation is 1. The molecule has 0 bridgehead atoms. The van der Waals surface area contributed by atoms with Crippen LogP contribution in [0.4, 0.5) is 5.69 Å². The summed E-state index contributed by atoms with van der Waals surface area (Å²) in [7, 11) is 0. The number of carbonyl (C=O) groups is 2. The van der Waals surface area contributed by atoms with E-state index in [9.17, 15) is 9.59 Å². The van der Waals surface area contributed by atoms with E-state index in [1.54, 1.807) is 18.2 Å². The van der Waals surface area contributed by atoms with E-state index in [0.717, 1.165) is 17.5 Å². The first-order chi connectivity index (χ1) is 12.0. The topological polar surface area (TPSA) is 49.4 Å². The van der Waals surface area contributed by atoms with E-state index >= 15 is 0 Å². The third-order valence-corrected chi connectivity index (χ3v) is 4.94. The Labute approximate surface area is 156 Å². The average Bonchev–Trinajstić information content (AvgIpc) is 2.86. The molecule has 130 valence electrons. The molecular weight excluding hydrogens is 359 g/mol. The minimum Gasteiger partial charge on any atom is -0.305 e. The van der Waals surface area contributed by atoms with Crippen LogP contribution in [0, 0.1) is 6.92 Å². The maximum absolute atomic E-state index is 12.6. The zero-order valence-electron chi connectivity index (χ0n) is 13.8. The van der Waals surface area contributed by atoms with Gasteiger partial charge in [0.2, 0.25) is 5.91 Å². The standard InChI is InChI=1S/C19H18Cl2N2O2/c1-12-2-7-15(10-16(12)21)23-18(24)11-17(19(23)25)22-9-8-13-3-5-14(20)6-4-13/h2-7,10,17,22H,8-9,11H2,1H3/t17-/m0/s1. The van der Waals surface area contributed by atoms with E-state index in [1.165, 1.54) is 4.90 Å². The molecule has 1 fully saturated rings. The minimum atomic E-state index is -0.500. The Morgan fingerprint density at radius 1 is 1.12 bits per heavy atom. The van der Waals surface area contributed by atoms with Crippen molar-refractivity contribution < 1.29 is 9.59 Å². The van der Waals surface area contributed by atoms with Gasteiger partial charge in [-0.05, 0) is 55.3 Å². The van der Waals surface area contributed by atoms with Gasteiger partial charge >= 0.3 is 0 Å². The van der Waals surface area contributed by atoms with Crippen molar-refractivity contribution in [3.05, 3.63) is 63.6 Å². The second-order valence-corrected chi connectivity index (χ2v) is 6.93. The number of nitrogens with zero attached hydrogens (tertiary/aromatic N) is 1. The first-order valence-electron chi connectivity index (χ1n) is 8.06. The fraction of sp³-hybridized carbons (Fsp3) is 0.263. The zero-order valence-corrected chi connectivity index (χ0v) is 15.3. The summed E-state index contributed by atoms with van der Waals surface area (Å²) < 4.78 is 0. The smallest absolute Gasteiger partial charge is 0.251 e. The summed E-state index contributed by atoms with van der Waals surface area (Å²) in [6, 6.07) is 12.3. The normalized spacial score (nSPS) is 17.4. The van der Waals surface area contributed by atoms with Crippen molar-refractivity contribution in [1.82, 2.24) is 5.32 Å². The molecule has 25 heavy (non-hydrogen) atoms. The van der Waals surface area contributed by atoms with Gasteiger partial charge < -0.3 is 5.32 Å². The number of rotatable bonds is 5. The molecule has 0 unspecified atom stereocenters. The monoisotopic (exact) mass is 376 g/mol. The summed E-state index contributed by atoms with van der Waals surface area (Å²) in [4.78, 5) is 26.1. The molecule has 1 atom stereocenters. The third kappa shape index (κ3) is 4.03. The SMILES string of the molecule is Cc1ccc(N2C(=O)C[C@H](NCCc3ccc(Cl)cc3)C2=O)cc1Cl. The maximum atomic E-state index is 12.6. The third-order valence-electron chi connectivity index (χ3n) is 4.28. The summed E-state index contributed by atoms with van der Waals surface area (Å²) in [5.74, 6) is -0.449. The van der Waals surface area contributed by atoms with Crippen molar-refractivity contribution in [2.75, 3.05) is 11.4 Å². The number of hydrogen-bond acceptors (Lipinski definition) is 3. The van der Waals surface area contributed by atoms with E-state index in [1.807, 2.05) is 31.2 Å². The van der Waals surface area contributed by atoms with Crippen LogP contribution in [0.15, 0.2) is 42.5 Å². The van der Waals surface area contributed by atoms with Crippen LogP contribution in [0.2, 0.25) is 10.0 Å². The molecule has 2 aromatic rings. The molecular formula is C19H18Cl2N2O2. The molecule has 1 N–H and O–H groups in total. The van der Waals surface area contributed by atoms with E-state index in [2.05, 4.69) is 5.32 Å². The zero-order chi connectivity index (χ0) is 18.0. The maximum Gasteiger partial charge on any atom is 0.251 e. The highest BCUT2D eigenvalue weighted by molar-refractivity contribution is 6.32. The molecule has 0 spiro atoms. The van der Waals surface area contributed by atoms with Crippen LogP contribution in [0.1, 0.15) is 17.5 Å². The Morgan fingerprint density at radius 2 is 1.84 bits per heavy atom. The van der Waals surface area contributed by atoms with Gasteiger partial charge in [0, 0.05) is 10.0 Å². The van der Waals surface area contributed by atoms with Crippen LogP contribution in [0.3, 0.4) is 0 Å². The molecule has 3 rings (SSSR count). The van der Waals surface area contributed by atoms with E-state index in [-0.39, 0.29) is 18.2 Å². The van der Waals surface area contributed by atoms with Gasteiger partial charge in [-0.1, -0.05) is 41.4 Å². The molecule has 0 aromatic heterocycles. The fourth-order valence-corrected chi connectivity index (χ4v) is 3.13. The summed E-state index contributed by atoms with van der Waals surface area (Å²) >= 11 is 12.0. The second-order valence-electron chi connectivity index (χ2n) is 6.09. The summed E-state index contributed by atoms with van der Waals surface area (Å²) in [6.07, 6.45) is 0.913. The van der Waals surface area contributed by atoms with Gasteiger partial charge in [0.05, 0.1) is 18.2 Å². The minimum absolute atomic E-state index is 0.158. The number of hydrogen-bond donors (Lipinski definition) is 1. The number of halogens is 2.